The van der Waals surface area contributed by atoms with Gasteiger partial charge in [0.15, 0.2) is 5.82 Å². The first kappa shape index (κ1) is 13.9. The summed E-state index contributed by atoms with van der Waals surface area (Å²) in [5, 5.41) is 4.03. The van der Waals surface area contributed by atoms with Gasteiger partial charge in [-0.2, -0.15) is 0 Å². The average Bonchev–Trinajstić information content (AvgIpc) is 2.85. The van der Waals surface area contributed by atoms with Gasteiger partial charge in [-0.05, 0) is 13.0 Å². The molecule has 6 nitrogen and oxygen atoms in total. The minimum atomic E-state index is 0.117. The molecular formula is C11H14Cl2N6. The van der Waals surface area contributed by atoms with Crippen molar-refractivity contribution < 1.29 is 0 Å². The number of anilines is 2. The summed E-state index contributed by atoms with van der Waals surface area (Å²) < 4.78 is 1.96. The summed E-state index contributed by atoms with van der Waals surface area (Å²) in [6.45, 7) is 2.76. The molecule has 0 amide bonds. The standard InChI is InChI=1S/C11H14Cl2N6/c1-7(5-19-3-2-15-6-19)16-10-8(12)4-9(13)11(17-10)18-14/h2-4,6-7H,5,14H2,1H3,(H2,16,17,18). The van der Waals surface area contributed by atoms with E-state index in [0.29, 0.717) is 21.7 Å². The number of pyridine rings is 1. The first-order chi connectivity index (χ1) is 9.10. The Balaban J connectivity index is 2.09. The third kappa shape index (κ3) is 3.50. The maximum absolute atomic E-state index is 6.09. The predicted octanol–water partition coefficient (Wildman–Crippen LogP) is 2.37. The zero-order valence-electron chi connectivity index (χ0n) is 10.3. The summed E-state index contributed by atoms with van der Waals surface area (Å²) in [5.41, 5.74) is 2.42. The van der Waals surface area contributed by atoms with Crippen molar-refractivity contribution in [3.05, 3.63) is 34.8 Å². The fourth-order valence-corrected chi connectivity index (χ4v) is 2.13. The highest BCUT2D eigenvalue weighted by molar-refractivity contribution is 6.37. The third-order valence-corrected chi connectivity index (χ3v) is 3.07. The fraction of sp³-hybridized carbons (Fsp3) is 0.273. The molecule has 0 aliphatic rings. The zero-order chi connectivity index (χ0) is 13.8. The molecule has 0 radical (unpaired) electrons. The minimum Gasteiger partial charge on any atom is -0.365 e. The molecule has 2 heterocycles. The summed E-state index contributed by atoms with van der Waals surface area (Å²) in [7, 11) is 0. The van der Waals surface area contributed by atoms with Crippen molar-refractivity contribution in [2.45, 2.75) is 19.5 Å². The lowest BCUT2D eigenvalue weighted by molar-refractivity contribution is 0.617. The molecule has 4 N–H and O–H groups in total. The van der Waals surface area contributed by atoms with Crippen LogP contribution in [0, 0.1) is 0 Å². The molecule has 0 spiro atoms. The van der Waals surface area contributed by atoms with Crippen LogP contribution in [-0.4, -0.2) is 20.6 Å². The SMILES string of the molecule is CC(Cn1ccnc1)Nc1nc(NN)c(Cl)cc1Cl. The van der Waals surface area contributed by atoms with Gasteiger partial charge in [-0.25, -0.2) is 15.8 Å². The lowest BCUT2D eigenvalue weighted by atomic mass is 10.3. The van der Waals surface area contributed by atoms with Gasteiger partial charge in [0, 0.05) is 25.0 Å². The Kier molecular flexibility index (Phi) is 4.47. The molecule has 0 aliphatic heterocycles. The third-order valence-electron chi connectivity index (χ3n) is 2.49. The highest BCUT2D eigenvalue weighted by atomic mass is 35.5. The summed E-state index contributed by atoms with van der Waals surface area (Å²) in [5.74, 6) is 6.24. The Morgan fingerprint density at radius 3 is 2.74 bits per heavy atom. The van der Waals surface area contributed by atoms with Gasteiger partial charge in [0.05, 0.1) is 16.4 Å². The number of nitrogens with two attached hydrogens (primary N) is 1. The summed E-state index contributed by atoms with van der Waals surface area (Å²) in [6, 6.07) is 1.71. The highest BCUT2D eigenvalue weighted by Gasteiger charge is 2.11. The van der Waals surface area contributed by atoms with E-state index in [1.165, 1.54) is 0 Å². The normalized spacial score (nSPS) is 12.2. The van der Waals surface area contributed by atoms with Gasteiger partial charge in [0.1, 0.15) is 5.82 Å². The molecule has 1 unspecified atom stereocenters. The number of nitrogen functional groups attached to an aromatic ring is 1. The maximum Gasteiger partial charge on any atom is 0.161 e. The maximum atomic E-state index is 6.09. The second kappa shape index (κ2) is 6.10. The smallest absolute Gasteiger partial charge is 0.161 e. The van der Waals surface area contributed by atoms with Gasteiger partial charge in [-0.3, -0.25) is 0 Å². The highest BCUT2D eigenvalue weighted by Crippen LogP contribution is 2.29. The Hall–Kier alpha value is -1.50. The van der Waals surface area contributed by atoms with Crippen LogP contribution in [0.3, 0.4) is 0 Å². The van der Waals surface area contributed by atoms with Crippen molar-refractivity contribution in [1.29, 1.82) is 0 Å². The Morgan fingerprint density at radius 2 is 2.11 bits per heavy atom. The van der Waals surface area contributed by atoms with Gasteiger partial charge in [0.25, 0.3) is 0 Å². The van der Waals surface area contributed by atoms with E-state index >= 15 is 0 Å². The van der Waals surface area contributed by atoms with E-state index in [4.69, 9.17) is 29.0 Å². The van der Waals surface area contributed by atoms with Gasteiger partial charge in [-0.1, -0.05) is 23.2 Å². The Labute approximate surface area is 120 Å². The molecule has 0 fully saturated rings. The van der Waals surface area contributed by atoms with Crippen molar-refractivity contribution in [3.8, 4) is 0 Å². The van der Waals surface area contributed by atoms with Crippen molar-refractivity contribution in [3.63, 3.8) is 0 Å². The number of nitrogens with zero attached hydrogens (tertiary/aromatic N) is 3. The summed E-state index contributed by atoms with van der Waals surface area (Å²) >= 11 is 12.0. The lowest BCUT2D eigenvalue weighted by Gasteiger charge is -2.17. The monoisotopic (exact) mass is 300 g/mol. The molecule has 8 heteroatoms. The molecule has 0 aromatic carbocycles. The van der Waals surface area contributed by atoms with E-state index in [9.17, 15) is 0 Å². The molecule has 0 aliphatic carbocycles. The largest absolute Gasteiger partial charge is 0.365 e. The van der Waals surface area contributed by atoms with Crippen molar-refractivity contribution in [2.75, 3.05) is 10.7 Å². The van der Waals surface area contributed by atoms with E-state index < -0.39 is 0 Å². The molecule has 102 valence electrons. The summed E-state index contributed by atoms with van der Waals surface area (Å²) in [6.07, 6.45) is 5.38. The Morgan fingerprint density at radius 1 is 1.37 bits per heavy atom. The van der Waals surface area contributed by atoms with Crippen LogP contribution >= 0.6 is 23.2 Å². The second-order valence-electron chi connectivity index (χ2n) is 4.10. The van der Waals surface area contributed by atoms with Crippen LogP contribution in [-0.2, 0) is 6.54 Å². The van der Waals surface area contributed by atoms with Crippen molar-refractivity contribution in [2.24, 2.45) is 5.84 Å². The van der Waals surface area contributed by atoms with Crippen LogP contribution < -0.4 is 16.6 Å². The van der Waals surface area contributed by atoms with Gasteiger partial charge < -0.3 is 15.3 Å². The molecule has 2 aromatic rings. The number of nitrogens with one attached hydrogen (secondary N) is 2. The quantitative estimate of drug-likeness (QED) is 0.583. The zero-order valence-corrected chi connectivity index (χ0v) is 11.8. The number of hydrogen-bond acceptors (Lipinski definition) is 5. The van der Waals surface area contributed by atoms with Crippen molar-refractivity contribution in [1.82, 2.24) is 14.5 Å². The molecule has 2 rings (SSSR count). The predicted molar refractivity (Wildman–Crippen MR) is 77.4 cm³/mol. The Bertz CT molecular complexity index is 542. The molecule has 19 heavy (non-hydrogen) atoms. The van der Waals surface area contributed by atoms with Crippen LogP contribution in [0.1, 0.15) is 6.92 Å². The van der Waals surface area contributed by atoms with E-state index in [0.717, 1.165) is 6.54 Å². The summed E-state index contributed by atoms with van der Waals surface area (Å²) in [4.78, 5) is 8.21. The molecule has 2 aromatic heterocycles. The van der Waals surface area contributed by atoms with Gasteiger partial charge >= 0.3 is 0 Å². The van der Waals surface area contributed by atoms with Crippen LogP contribution in [0.15, 0.2) is 24.8 Å². The number of hydrazine groups is 1. The van der Waals surface area contributed by atoms with Gasteiger partial charge in [0.2, 0.25) is 0 Å². The molecule has 0 saturated heterocycles. The number of hydrogen-bond donors (Lipinski definition) is 3. The van der Waals surface area contributed by atoms with E-state index in [-0.39, 0.29) is 6.04 Å². The molecule has 1 atom stereocenters. The first-order valence-electron chi connectivity index (χ1n) is 5.65. The number of imidazole rings is 1. The van der Waals surface area contributed by atoms with E-state index in [1.807, 2.05) is 17.7 Å². The van der Waals surface area contributed by atoms with Crippen LogP contribution in [0.25, 0.3) is 0 Å². The van der Waals surface area contributed by atoms with Gasteiger partial charge in [-0.15, -0.1) is 0 Å². The molecule has 0 saturated carbocycles. The van der Waals surface area contributed by atoms with Crippen molar-refractivity contribution >= 4 is 34.8 Å². The van der Waals surface area contributed by atoms with E-state index in [2.05, 4.69) is 20.7 Å². The van der Waals surface area contributed by atoms with Crippen LogP contribution in [0.4, 0.5) is 11.6 Å². The fourth-order valence-electron chi connectivity index (χ4n) is 1.66. The number of halogens is 2. The number of rotatable bonds is 5. The minimum absolute atomic E-state index is 0.117. The van der Waals surface area contributed by atoms with E-state index in [1.54, 1.807) is 18.6 Å². The lowest BCUT2D eigenvalue weighted by Crippen LogP contribution is -2.22. The average molecular weight is 301 g/mol. The molecule has 0 bridgehead atoms. The molecular weight excluding hydrogens is 287 g/mol. The number of aromatic nitrogens is 3. The first-order valence-corrected chi connectivity index (χ1v) is 6.40. The topological polar surface area (TPSA) is 80.8 Å². The van der Waals surface area contributed by atoms with Crippen LogP contribution in [0.5, 0.6) is 0 Å². The second-order valence-corrected chi connectivity index (χ2v) is 4.91. The van der Waals surface area contributed by atoms with Crippen LogP contribution in [0.2, 0.25) is 10.0 Å².